The van der Waals surface area contributed by atoms with Crippen LogP contribution in [0.25, 0.3) is 0 Å². The third-order valence-corrected chi connectivity index (χ3v) is 7.51. The number of piperazine rings is 1. The third-order valence-electron chi connectivity index (χ3n) is 7.51. The lowest BCUT2D eigenvalue weighted by atomic mass is 9.86. The van der Waals surface area contributed by atoms with Crippen molar-refractivity contribution in [1.29, 1.82) is 5.26 Å². The second-order valence-electron chi connectivity index (χ2n) is 10.9. The Kier molecular flexibility index (Phi) is 6.55. The number of nitriles is 1. The second-order valence-corrected chi connectivity index (χ2v) is 10.9. The monoisotopic (exact) mass is 498 g/mol. The molecule has 1 aromatic carbocycles. The summed E-state index contributed by atoms with van der Waals surface area (Å²) < 4.78 is 11.5. The van der Waals surface area contributed by atoms with Crippen molar-refractivity contribution in [3.63, 3.8) is 0 Å². The maximum Gasteiger partial charge on any atom is 0.257 e. The summed E-state index contributed by atoms with van der Waals surface area (Å²) >= 11 is 0. The molecule has 0 spiro atoms. The molecule has 0 radical (unpaired) electrons. The second kappa shape index (κ2) is 9.68. The molecule has 2 aliphatic heterocycles. The normalized spacial score (nSPS) is 19.0. The van der Waals surface area contributed by atoms with Crippen LogP contribution in [0.3, 0.4) is 0 Å². The third kappa shape index (κ3) is 4.62. The van der Waals surface area contributed by atoms with E-state index in [1.165, 1.54) is 0 Å². The molecule has 1 amide bonds. The van der Waals surface area contributed by atoms with Crippen molar-refractivity contribution in [2.24, 2.45) is 0 Å². The Hall–Kier alpha value is -3.63. The van der Waals surface area contributed by atoms with Crippen molar-refractivity contribution < 1.29 is 13.9 Å². The van der Waals surface area contributed by atoms with Crippen LogP contribution in [0.2, 0.25) is 0 Å². The number of amides is 1. The van der Waals surface area contributed by atoms with E-state index in [2.05, 4.69) is 50.8 Å². The smallest absolute Gasteiger partial charge is 0.257 e. The number of carbonyl (C=O) groups excluding carboxylic acids is 1. The van der Waals surface area contributed by atoms with Crippen LogP contribution in [-0.4, -0.2) is 41.0 Å². The fourth-order valence-corrected chi connectivity index (χ4v) is 5.54. The molecule has 5 rings (SSSR count). The number of anilines is 1. The molecule has 7 nitrogen and oxygen atoms in total. The molecule has 7 heteroatoms. The number of ether oxygens (including phenoxy) is 1. The highest BCUT2D eigenvalue weighted by Gasteiger charge is 2.37. The lowest BCUT2D eigenvalue weighted by Crippen LogP contribution is -2.51. The van der Waals surface area contributed by atoms with Gasteiger partial charge in [0.1, 0.15) is 17.6 Å². The van der Waals surface area contributed by atoms with Gasteiger partial charge in [-0.3, -0.25) is 4.79 Å². The van der Waals surface area contributed by atoms with Crippen molar-refractivity contribution >= 4 is 11.7 Å². The van der Waals surface area contributed by atoms with Gasteiger partial charge in [-0.15, -0.1) is 0 Å². The molecule has 0 aliphatic carbocycles. The summed E-state index contributed by atoms with van der Waals surface area (Å²) in [6.45, 7) is 12.3. The fourth-order valence-electron chi connectivity index (χ4n) is 5.54. The van der Waals surface area contributed by atoms with Gasteiger partial charge >= 0.3 is 0 Å². The number of fused-ring (bicyclic) bond motifs is 1. The summed E-state index contributed by atoms with van der Waals surface area (Å²) in [6.07, 6.45) is 2.22. The SMILES string of the molecule is Cc1occc1C(=O)N1CCN(c2nc(C(C)C)c3c(c2C#N)CC(C)(C)OC3)C(c2ccccc2)C1. The summed E-state index contributed by atoms with van der Waals surface area (Å²) in [5.41, 5.74) is 5.04. The van der Waals surface area contributed by atoms with E-state index in [9.17, 15) is 10.1 Å². The first-order valence-corrected chi connectivity index (χ1v) is 12.9. The van der Waals surface area contributed by atoms with Gasteiger partial charge < -0.3 is 19.0 Å². The van der Waals surface area contributed by atoms with Crippen LogP contribution in [0.15, 0.2) is 47.1 Å². The summed E-state index contributed by atoms with van der Waals surface area (Å²) in [6, 6.07) is 14.3. The summed E-state index contributed by atoms with van der Waals surface area (Å²) in [7, 11) is 0. The van der Waals surface area contributed by atoms with Crippen LogP contribution in [0.4, 0.5) is 5.82 Å². The maximum absolute atomic E-state index is 13.4. The van der Waals surface area contributed by atoms with Crippen molar-refractivity contribution in [2.75, 3.05) is 24.5 Å². The number of pyridine rings is 1. The molecule has 0 bridgehead atoms. The Morgan fingerprint density at radius 3 is 2.57 bits per heavy atom. The van der Waals surface area contributed by atoms with Gasteiger partial charge in [0, 0.05) is 31.6 Å². The van der Waals surface area contributed by atoms with E-state index >= 15 is 0 Å². The topological polar surface area (TPSA) is 82.6 Å². The number of hydrogen-bond donors (Lipinski definition) is 0. The maximum atomic E-state index is 13.4. The molecule has 1 fully saturated rings. The number of nitrogens with zero attached hydrogens (tertiary/aromatic N) is 4. The Balaban J connectivity index is 1.61. The molecule has 192 valence electrons. The van der Waals surface area contributed by atoms with Gasteiger partial charge in [-0.25, -0.2) is 4.98 Å². The van der Waals surface area contributed by atoms with Gasteiger partial charge in [0.25, 0.3) is 5.91 Å². The lowest BCUT2D eigenvalue weighted by molar-refractivity contribution is -0.0408. The molecular weight excluding hydrogens is 464 g/mol. The van der Waals surface area contributed by atoms with Crippen LogP contribution >= 0.6 is 0 Å². The number of hydrogen-bond acceptors (Lipinski definition) is 6. The van der Waals surface area contributed by atoms with Crippen molar-refractivity contribution in [1.82, 2.24) is 9.88 Å². The first kappa shape index (κ1) is 25.0. The van der Waals surface area contributed by atoms with E-state index < -0.39 is 0 Å². The average molecular weight is 499 g/mol. The van der Waals surface area contributed by atoms with E-state index in [1.54, 1.807) is 12.3 Å². The summed E-state index contributed by atoms with van der Waals surface area (Å²) in [5, 5.41) is 10.4. The summed E-state index contributed by atoms with van der Waals surface area (Å²) in [4.78, 5) is 22.7. The van der Waals surface area contributed by atoms with Crippen LogP contribution in [-0.2, 0) is 17.8 Å². The number of aromatic nitrogens is 1. The zero-order valence-electron chi connectivity index (χ0n) is 22.2. The quantitative estimate of drug-likeness (QED) is 0.470. The van der Waals surface area contributed by atoms with E-state index in [1.807, 2.05) is 30.0 Å². The van der Waals surface area contributed by atoms with E-state index in [-0.39, 0.29) is 23.5 Å². The highest BCUT2D eigenvalue weighted by atomic mass is 16.5. The molecule has 2 aliphatic rings. The van der Waals surface area contributed by atoms with E-state index in [4.69, 9.17) is 14.1 Å². The van der Waals surface area contributed by atoms with Crippen molar-refractivity contribution in [3.05, 3.63) is 81.9 Å². The van der Waals surface area contributed by atoms with Gasteiger partial charge in [-0.05, 0) is 43.9 Å². The number of furan rings is 1. The van der Waals surface area contributed by atoms with Crippen LogP contribution < -0.4 is 4.90 Å². The molecule has 1 atom stereocenters. The zero-order chi connectivity index (χ0) is 26.3. The standard InChI is InChI=1S/C30H34N4O3/c1-19(2)27-25-18-37-30(4,5)15-23(25)24(16-31)28(32-27)34-13-12-33(29(35)22-11-14-36-20(22)3)17-26(34)21-9-7-6-8-10-21/h6-11,14,19,26H,12-13,15,17-18H2,1-5H3. The summed E-state index contributed by atoms with van der Waals surface area (Å²) in [5.74, 6) is 1.49. The number of benzene rings is 1. The number of carbonyl (C=O) groups is 1. The van der Waals surface area contributed by atoms with Crippen LogP contribution in [0.1, 0.15) is 83.7 Å². The molecule has 1 saturated heterocycles. The largest absolute Gasteiger partial charge is 0.469 e. The zero-order valence-corrected chi connectivity index (χ0v) is 22.2. The first-order valence-electron chi connectivity index (χ1n) is 12.9. The Morgan fingerprint density at radius 1 is 1.16 bits per heavy atom. The molecule has 37 heavy (non-hydrogen) atoms. The number of aryl methyl sites for hydroxylation is 1. The Labute approximate surface area is 218 Å². The Bertz CT molecular complexity index is 1350. The van der Waals surface area contributed by atoms with Crippen molar-refractivity contribution in [2.45, 2.75) is 65.2 Å². The first-order chi connectivity index (χ1) is 17.7. The molecule has 3 aromatic rings. The lowest BCUT2D eigenvalue weighted by Gasteiger charge is -2.43. The highest BCUT2D eigenvalue weighted by Crippen LogP contribution is 2.40. The van der Waals surface area contributed by atoms with Gasteiger partial charge in [0.05, 0.1) is 41.3 Å². The minimum Gasteiger partial charge on any atom is -0.469 e. The average Bonchev–Trinajstić information content (AvgIpc) is 3.32. The molecule has 2 aromatic heterocycles. The van der Waals surface area contributed by atoms with Crippen LogP contribution in [0.5, 0.6) is 0 Å². The van der Waals surface area contributed by atoms with Gasteiger partial charge in [-0.2, -0.15) is 5.26 Å². The van der Waals surface area contributed by atoms with E-state index in [0.29, 0.717) is 55.4 Å². The minimum absolute atomic E-state index is 0.0347. The Morgan fingerprint density at radius 2 is 1.92 bits per heavy atom. The predicted octanol–water partition coefficient (Wildman–Crippen LogP) is 5.53. The molecular formula is C30H34N4O3. The van der Waals surface area contributed by atoms with Gasteiger partial charge in [0.2, 0.25) is 0 Å². The van der Waals surface area contributed by atoms with Gasteiger partial charge in [0.15, 0.2) is 0 Å². The molecule has 0 saturated carbocycles. The van der Waals surface area contributed by atoms with Gasteiger partial charge in [-0.1, -0.05) is 44.2 Å². The number of rotatable bonds is 4. The minimum atomic E-state index is -0.349. The molecule has 0 N–H and O–H groups in total. The van der Waals surface area contributed by atoms with Crippen molar-refractivity contribution in [3.8, 4) is 6.07 Å². The van der Waals surface area contributed by atoms with E-state index in [0.717, 1.165) is 22.4 Å². The molecule has 1 unspecified atom stereocenters. The fraction of sp³-hybridized carbons (Fsp3) is 0.433. The highest BCUT2D eigenvalue weighted by molar-refractivity contribution is 5.95. The molecule has 4 heterocycles. The van der Waals surface area contributed by atoms with Crippen LogP contribution in [0, 0.1) is 18.3 Å². The predicted molar refractivity (Wildman–Crippen MR) is 141 cm³/mol.